The maximum absolute atomic E-state index is 13.8. The Bertz CT molecular complexity index is 481. The van der Waals surface area contributed by atoms with Gasteiger partial charge in [0.25, 0.3) is 0 Å². The fourth-order valence-corrected chi connectivity index (χ4v) is 2.72. The predicted octanol–water partition coefficient (Wildman–Crippen LogP) is 2.08. The van der Waals surface area contributed by atoms with Crippen LogP contribution in [-0.2, 0) is 6.54 Å². The molecule has 0 bridgehead atoms. The summed E-state index contributed by atoms with van der Waals surface area (Å²) in [5.41, 5.74) is 1.04. The summed E-state index contributed by atoms with van der Waals surface area (Å²) < 4.78 is 13.8. The first-order valence-electron chi connectivity index (χ1n) is 6.64. The molecule has 4 heteroatoms. The van der Waals surface area contributed by atoms with Gasteiger partial charge in [-0.1, -0.05) is 6.07 Å². The lowest BCUT2D eigenvalue weighted by Gasteiger charge is -2.21. The zero-order chi connectivity index (χ0) is 13.8. The lowest BCUT2D eigenvalue weighted by Crippen LogP contribution is -2.27. The Morgan fingerprint density at radius 1 is 1.53 bits per heavy atom. The number of nitrogens with zero attached hydrogens (tertiary/aromatic N) is 3. The molecular formula is C15H20FN3. The van der Waals surface area contributed by atoms with Crippen molar-refractivity contribution in [1.29, 1.82) is 5.26 Å². The van der Waals surface area contributed by atoms with Crippen molar-refractivity contribution in [3.05, 3.63) is 35.1 Å². The fourth-order valence-electron chi connectivity index (χ4n) is 2.72. The van der Waals surface area contributed by atoms with Crippen LogP contribution in [0.5, 0.6) is 0 Å². The second kappa shape index (κ2) is 6.14. The molecule has 0 spiro atoms. The molecule has 1 fully saturated rings. The molecule has 0 aliphatic carbocycles. The third-order valence-corrected chi connectivity index (χ3v) is 3.68. The van der Waals surface area contributed by atoms with E-state index in [9.17, 15) is 4.39 Å². The third kappa shape index (κ3) is 3.76. The van der Waals surface area contributed by atoms with Crippen LogP contribution in [0.15, 0.2) is 18.2 Å². The molecule has 19 heavy (non-hydrogen) atoms. The number of nitriles is 1. The van der Waals surface area contributed by atoms with Crippen molar-refractivity contribution in [1.82, 2.24) is 9.80 Å². The van der Waals surface area contributed by atoms with Gasteiger partial charge in [-0.3, -0.25) is 0 Å². The molecule has 0 N–H and O–H groups in total. The maximum atomic E-state index is 13.8. The maximum Gasteiger partial charge on any atom is 0.129 e. The van der Waals surface area contributed by atoms with Gasteiger partial charge in [0.1, 0.15) is 5.82 Å². The first-order valence-corrected chi connectivity index (χ1v) is 6.64. The number of hydrogen-bond acceptors (Lipinski definition) is 3. The zero-order valence-electron chi connectivity index (χ0n) is 11.6. The monoisotopic (exact) mass is 261 g/mol. The smallest absolute Gasteiger partial charge is 0.129 e. The van der Waals surface area contributed by atoms with Gasteiger partial charge in [0.05, 0.1) is 11.6 Å². The van der Waals surface area contributed by atoms with E-state index in [1.165, 1.54) is 12.5 Å². The number of halogens is 1. The minimum atomic E-state index is -0.283. The quantitative estimate of drug-likeness (QED) is 0.831. The first-order chi connectivity index (χ1) is 9.08. The Kier molecular flexibility index (Phi) is 4.52. The summed E-state index contributed by atoms with van der Waals surface area (Å²) in [6, 6.07) is 6.65. The highest BCUT2D eigenvalue weighted by atomic mass is 19.1. The Morgan fingerprint density at radius 2 is 2.32 bits per heavy atom. The normalized spacial score (nSPS) is 19.8. The van der Waals surface area contributed by atoms with Crippen LogP contribution in [0.25, 0.3) is 0 Å². The first kappa shape index (κ1) is 14.0. The molecule has 1 aromatic carbocycles. The summed E-state index contributed by atoms with van der Waals surface area (Å²) in [7, 11) is 4.16. The fraction of sp³-hybridized carbons (Fsp3) is 0.533. The topological polar surface area (TPSA) is 30.3 Å². The van der Waals surface area contributed by atoms with Crippen molar-refractivity contribution in [2.24, 2.45) is 5.92 Å². The number of likely N-dealkylation sites (tertiary alicyclic amines) is 1. The largest absolute Gasteiger partial charge is 0.306 e. The van der Waals surface area contributed by atoms with Gasteiger partial charge < -0.3 is 9.80 Å². The van der Waals surface area contributed by atoms with E-state index >= 15 is 0 Å². The van der Waals surface area contributed by atoms with Crippen LogP contribution < -0.4 is 0 Å². The van der Waals surface area contributed by atoms with E-state index in [2.05, 4.69) is 16.8 Å². The molecule has 1 atom stereocenters. The Labute approximate surface area is 114 Å². The molecule has 2 rings (SSSR count). The molecule has 0 radical (unpaired) electrons. The van der Waals surface area contributed by atoms with Gasteiger partial charge in [0.2, 0.25) is 0 Å². The summed E-state index contributed by atoms with van der Waals surface area (Å²) in [4.78, 5) is 4.50. The van der Waals surface area contributed by atoms with E-state index < -0.39 is 0 Å². The molecule has 0 saturated carbocycles. The van der Waals surface area contributed by atoms with Crippen LogP contribution in [0.2, 0.25) is 0 Å². The van der Waals surface area contributed by atoms with E-state index in [0.29, 0.717) is 23.6 Å². The summed E-state index contributed by atoms with van der Waals surface area (Å²) in [5.74, 6) is 0.394. The van der Waals surface area contributed by atoms with Gasteiger partial charge in [-0.05, 0) is 45.1 Å². The Balaban J connectivity index is 1.92. The second-order valence-corrected chi connectivity index (χ2v) is 5.53. The number of rotatable bonds is 4. The van der Waals surface area contributed by atoms with Gasteiger partial charge in [-0.25, -0.2) is 4.39 Å². The van der Waals surface area contributed by atoms with Gasteiger partial charge in [-0.15, -0.1) is 0 Å². The third-order valence-electron chi connectivity index (χ3n) is 3.68. The molecule has 0 aromatic heterocycles. The van der Waals surface area contributed by atoms with Crippen molar-refractivity contribution >= 4 is 0 Å². The lowest BCUT2D eigenvalue weighted by molar-refractivity contribution is 0.264. The Hall–Kier alpha value is -1.44. The molecule has 1 saturated heterocycles. The molecular weight excluding hydrogens is 241 g/mol. The zero-order valence-corrected chi connectivity index (χ0v) is 11.6. The molecule has 0 amide bonds. The molecule has 1 heterocycles. The van der Waals surface area contributed by atoms with Crippen LogP contribution in [-0.4, -0.2) is 43.5 Å². The van der Waals surface area contributed by atoms with Crippen molar-refractivity contribution in [2.75, 3.05) is 33.7 Å². The summed E-state index contributed by atoms with van der Waals surface area (Å²) in [6.45, 7) is 3.87. The van der Waals surface area contributed by atoms with Crippen LogP contribution in [0, 0.1) is 23.1 Å². The van der Waals surface area contributed by atoms with Crippen molar-refractivity contribution in [3.8, 4) is 6.07 Å². The average Bonchev–Trinajstić information content (AvgIpc) is 2.77. The van der Waals surface area contributed by atoms with Gasteiger partial charge >= 0.3 is 0 Å². The van der Waals surface area contributed by atoms with Crippen LogP contribution in [0.1, 0.15) is 17.5 Å². The summed E-state index contributed by atoms with van der Waals surface area (Å²) in [6.07, 6.45) is 1.22. The highest BCUT2D eigenvalue weighted by Gasteiger charge is 2.21. The second-order valence-electron chi connectivity index (χ2n) is 5.53. The van der Waals surface area contributed by atoms with Crippen LogP contribution >= 0.6 is 0 Å². The summed E-state index contributed by atoms with van der Waals surface area (Å²) >= 11 is 0. The molecule has 3 nitrogen and oxygen atoms in total. The van der Waals surface area contributed by atoms with E-state index in [4.69, 9.17) is 5.26 Å². The molecule has 1 aromatic rings. The SMILES string of the molecule is CN1CCC(CN(C)Cc2ccc(C#N)cc2F)C1. The van der Waals surface area contributed by atoms with Gasteiger partial charge in [0, 0.05) is 25.2 Å². The summed E-state index contributed by atoms with van der Waals surface area (Å²) in [5, 5.41) is 8.72. The van der Waals surface area contributed by atoms with Crippen molar-refractivity contribution in [2.45, 2.75) is 13.0 Å². The predicted molar refractivity (Wildman–Crippen MR) is 73.1 cm³/mol. The Morgan fingerprint density at radius 3 is 2.89 bits per heavy atom. The van der Waals surface area contributed by atoms with Gasteiger partial charge in [0.15, 0.2) is 0 Å². The highest BCUT2D eigenvalue weighted by molar-refractivity contribution is 5.32. The molecule has 1 aliphatic rings. The van der Waals surface area contributed by atoms with Crippen LogP contribution in [0.4, 0.5) is 4.39 Å². The van der Waals surface area contributed by atoms with E-state index in [1.807, 2.05) is 13.1 Å². The molecule has 102 valence electrons. The minimum Gasteiger partial charge on any atom is -0.306 e. The highest BCUT2D eigenvalue weighted by Crippen LogP contribution is 2.17. The van der Waals surface area contributed by atoms with Gasteiger partial charge in [-0.2, -0.15) is 5.26 Å². The van der Waals surface area contributed by atoms with E-state index in [1.54, 1.807) is 12.1 Å². The van der Waals surface area contributed by atoms with E-state index in [-0.39, 0.29) is 5.82 Å². The number of benzene rings is 1. The average molecular weight is 261 g/mol. The molecule has 1 aliphatic heterocycles. The van der Waals surface area contributed by atoms with Crippen molar-refractivity contribution < 1.29 is 4.39 Å². The minimum absolute atomic E-state index is 0.283. The van der Waals surface area contributed by atoms with Crippen molar-refractivity contribution in [3.63, 3.8) is 0 Å². The standard InChI is InChI=1S/C15H20FN3/c1-18-6-5-13(9-18)10-19(2)11-14-4-3-12(8-17)7-15(14)16/h3-4,7,13H,5-6,9-11H2,1-2H3. The molecule has 1 unspecified atom stereocenters. The van der Waals surface area contributed by atoms with E-state index in [0.717, 1.165) is 19.6 Å². The lowest BCUT2D eigenvalue weighted by atomic mass is 10.1. The number of hydrogen-bond donors (Lipinski definition) is 0. The van der Waals surface area contributed by atoms with Crippen LogP contribution in [0.3, 0.4) is 0 Å².